The van der Waals surface area contributed by atoms with Gasteiger partial charge in [-0.05, 0) is 73.3 Å². The van der Waals surface area contributed by atoms with E-state index in [-0.39, 0.29) is 112 Å². The van der Waals surface area contributed by atoms with Crippen molar-refractivity contribution >= 4 is 70.9 Å². The Kier molecular flexibility index (Phi) is 25.7. The number of ketones is 4. The second-order valence-corrected chi connectivity index (χ2v) is 14.6. The maximum Gasteiger partial charge on any atom is 0.307 e. The van der Waals surface area contributed by atoms with Gasteiger partial charge in [0.15, 0.2) is 11.6 Å². The lowest BCUT2D eigenvalue weighted by molar-refractivity contribution is -0.152. The number of cyclic esters (lactones) is 2. The van der Waals surface area contributed by atoms with Gasteiger partial charge in [0.1, 0.15) is 22.8 Å². The highest BCUT2D eigenvalue weighted by Crippen LogP contribution is 2.37. The largest absolute Gasteiger partial charge is 0.481 e. The van der Waals surface area contributed by atoms with Crippen molar-refractivity contribution in [3.05, 3.63) is 22.8 Å². The summed E-state index contributed by atoms with van der Waals surface area (Å²) in [6, 6.07) is 0. The summed E-state index contributed by atoms with van der Waals surface area (Å²) in [7, 11) is 0. The summed E-state index contributed by atoms with van der Waals surface area (Å²) >= 11 is 0. The Bertz CT molecular complexity index is 1700. The molecule has 0 aromatic rings. The summed E-state index contributed by atoms with van der Waals surface area (Å²) in [5.74, 6) is -8.05. The van der Waals surface area contributed by atoms with E-state index in [2.05, 4.69) is 0 Å². The number of allylic oxidation sites excluding steroid dienone is 3. The molecule has 0 radical (unpaired) electrons. The summed E-state index contributed by atoms with van der Waals surface area (Å²) < 4.78 is 10.1. The quantitative estimate of drug-likeness (QED) is 0.0658. The van der Waals surface area contributed by atoms with Gasteiger partial charge in [0.25, 0.3) is 0 Å². The first-order chi connectivity index (χ1) is 27.5. The SMILES string of the molecule is C/C(=C\C(=O)CCC(=O)O)CCC(=O)O.CC(=O)/C(CC(=O)O)=C(/C)CCC(=O)O.CC(=O)C1CC(=O)OC1(C)CCC(=O)O.CC1(CC(=O)CCC(=O)O)CCC(=O)O1. The van der Waals surface area contributed by atoms with E-state index in [4.69, 9.17) is 40.1 Å². The number of carbonyl (C=O) groups excluding carboxylic acids is 6. The van der Waals surface area contributed by atoms with Gasteiger partial charge in [0.2, 0.25) is 0 Å². The second kappa shape index (κ2) is 27.6. The zero-order chi connectivity index (χ0) is 47.0. The third kappa shape index (κ3) is 26.8. The number of esters is 2. The Morgan fingerprint density at radius 3 is 1.53 bits per heavy atom. The molecule has 2 aliphatic rings. The highest BCUT2D eigenvalue weighted by Gasteiger charge is 2.47. The fourth-order valence-electron chi connectivity index (χ4n) is 5.65. The minimum absolute atomic E-state index is 0.00245. The monoisotopic (exact) mass is 856 g/mol. The molecule has 0 aromatic carbocycles. The van der Waals surface area contributed by atoms with E-state index in [0.29, 0.717) is 30.4 Å². The van der Waals surface area contributed by atoms with Crippen LogP contribution in [-0.4, -0.2) is 113 Å². The Morgan fingerprint density at radius 1 is 0.617 bits per heavy atom. The van der Waals surface area contributed by atoms with Crippen LogP contribution in [0.15, 0.2) is 22.8 Å². The van der Waals surface area contributed by atoms with Crippen LogP contribution < -0.4 is 0 Å². The van der Waals surface area contributed by atoms with E-state index in [9.17, 15) is 57.5 Å². The van der Waals surface area contributed by atoms with Gasteiger partial charge >= 0.3 is 47.8 Å². The molecule has 2 fully saturated rings. The number of rotatable bonds is 22. The van der Waals surface area contributed by atoms with Gasteiger partial charge in [0, 0.05) is 50.5 Å². The predicted molar refractivity (Wildman–Crippen MR) is 205 cm³/mol. The number of carboxylic acid groups (broad SMARTS) is 6. The lowest BCUT2D eigenvalue weighted by Crippen LogP contribution is -2.36. The first kappa shape index (κ1) is 56.0. The standard InChI is InChI=1S/4C10H14O5/c1-6(11)7-5-9(14)15-10(7,2)4-3-8(12)13;1-10(5-4-9(14)15-10)6-7(11)2-3-8(12)13;1-6(3-4-9(12)13)8(7(2)11)5-10(14)15;1-7(2-4-9(12)13)6-8(11)3-5-10(14)15/h7H,3-5H2,1-2H3,(H,12,13);2-6H2,1H3,(H,12,13);3-5H2,1-2H3,(H,12,13)(H,14,15);6H,2-5H2,1H3,(H,12,13)(H,14,15)/b;;8-6-;7-6+. The van der Waals surface area contributed by atoms with Gasteiger partial charge in [-0.1, -0.05) is 11.1 Å². The number of ether oxygens (including phenoxy) is 2. The molecule has 2 saturated heterocycles. The average Bonchev–Trinajstić information content (AvgIpc) is 3.62. The number of hydrogen-bond acceptors (Lipinski definition) is 14. The summed E-state index contributed by atoms with van der Waals surface area (Å²) in [4.78, 5) is 129. The third-order valence-electron chi connectivity index (χ3n) is 8.90. The van der Waals surface area contributed by atoms with Crippen LogP contribution in [0.25, 0.3) is 0 Å². The predicted octanol–water partition coefficient (Wildman–Crippen LogP) is 4.13. The number of carbonyl (C=O) groups is 12. The van der Waals surface area contributed by atoms with Crippen molar-refractivity contribution in [3.63, 3.8) is 0 Å². The lowest BCUT2D eigenvalue weighted by Gasteiger charge is -2.27. The smallest absolute Gasteiger partial charge is 0.307 e. The van der Waals surface area contributed by atoms with Crippen molar-refractivity contribution < 1.29 is 97.6 Å². The molecule has 3 unspecified atom stereocenters. The van der Waals surface area contributed by atoms with Gasteiger partial charge in [-0.15, -0.1) is 0 Å². The molecule has 0 aliphatic carbocycles. The average molecular weight is 857 g/mol. The van der Waals surface area contributed by atoms with Crippen LogP contribution in [0.4, 0.5) is 0 Å². The molecule has 3 atom stereocenters. The Balaban J connectivity index is 0. The maximum atomic E-state index is 11.4. The van der Waals surface area contributed by atoms with Crippen LogP contribution in [0.5, 0.6) is 0 Å². The number of aliphatic carboxylic acids is 6. The van der Waals surface area contributed by atoms with Crippen molar-refractivity contribution in [1.82, 2.24) is 0 Å². The van der Waals surface area contributed by atoms with Gasteiger partial charge in [-0.25, -0.2) is 0 Å². The van der Waals surface area contributed by atoms with Crippen LogP contribution in [0.1, 0.15) is 138 Å². The summed E-state index contributed by atoms with van der Waals surface area (Å²) in [5, 5.41) is 50.6. The highest BCUT2D eigenvalue weighted by molar-refractivity contribution is 5.98. The summed E-state index contributed by atoms with van der Waals surface area (Å²) in [6.07, 6.45) is 2.10. The molecule has 0 bridgehead atoms. The Hall–Kier alpha value is -6.08. The second-order valence-electron chi connectivity index (χ2n) is 14.6. The minimum atomic E-state index is -1.09. The van der Waals surface area contributed by atoms with Crippen LogP contribution in [0, 0.1) is 5.92 Å². The van der Waals surface area contributed by atoms with E-state index in [0.717, 1.165) is 0 Å². The number of Topliss-reactive ketones (excluding diaryl/α,β-unsaturated/α-hetero) is 3. The molecule has 0 amide bonds. The van der Waals surface area contributed by atoms with Crippen LogP contribution in [0.3, 0.4) is 0 Å². The molecule has 2 heterocycles. The molecule has 0 aromatic heterocycles. The van der Waals surface area contributed by atoms with Gasteiger partial charge in [0.05, 0.1) is 31.6 Å². The molecule has 6 N–H and O–H groups in total. The molecular formula is C40H56O20. The molecule has 2 aliphatic heterocycles. The molecule has 0 spiro atoms. The van der Waals surface area contributed by atoms with Gasteiger partial charge < -0.3 is 40.1 Å². The van der Waals surface area contributed by atoms with E-state index >= 15 is 0 Å². The van der Waals surface area contributed by atoms with Crippen molar-refractivity contribution in [1.29, 1.82) is 0 Å². The van der Waals surface area contributed by atoms with Crippen molar-refractivity contribution in [2.45, 2.75) is 149 Å². The van der Waals surface area contributed by atoms with Crippen molar-refractivity contribution in [2.75, 3.05) is 0 Å². The highest BCUT2D eigenvalue weighted by atomic mass is 16.6. The van der Waals surface area contributed by atoms with E-state index in [1.165, 1.54) is 19.9 Å². The third-order valence-corrected chi connectivity index (χ3v) is 8.90. The zero-order valence-corrected chi connectivity index (χ0v) is 34.7. The van der Waals surface area contributed by atoms with Crippen molar-refractivity contribution in [2.24, 2.45) is 5.92 Å². The van der Waals surface area contributed by atoms with Crippen LogP contribution in [-0.2, 0) is 67.0 Å². The topological polar surface area (TPSA) is 345 Å². The van der Waals surface area contributed by atoms with Gasteiger partial charge in [-0.3, -0.25) is 57.5 Å². The Labute approximate surface area is 346 Å². The first-order valence-electron chi connectivity index (χ1n) is 18.7. The van der Waals surface area contributed by atoms with Crippen molar-refractivity contribution in [3.8, 4) is 0 Å². The molecule has 20 nitrogen and oxygen atoms in total. The number of hydrogen-bond donors (Lipinski definition) is 6. The Morgan fingerprint density at radius 2 is 1.10 bits per heavy atom. The summed E-state index contributed by atoms with van der Waals surface area (Å²) in [5.41, 5.74) is -0.266. The summed E-state index contributed by atoms with van der Waals surface area (Å²) in [6.45, 7) is 9.24. The van der Waals surface area contributed by atoms with E-state index in [1.807, 2.05) is 0 Å². The fourth-order valence-corrected chi connectivity index (χ4v) is 5.65. The van der Waals surface area contributed by atoms with Crippen LogP contribution in [0.2, 0.25) is 0 Å². The number of carboxylic acids is 6. The lowest BCUT2D eigenvalue weighted by atomic mass is 9.83. The zero-order valence-electron chi connectivity index (χ0n) is 34.7. The van der Waals surface area contributed by atoms with E-state index in [1.54, 1.807) is 27.7 Å². The minimum Gasteiger partial charge on any atom is -0.481 e. The molecule has 336 valence electrons. The van der Waals surface area contributed by atoms with E-state index < -0.39 is 58.9 Å². The van der Waals surface area contributed by atoms with Gasteiger partial charge in [-0.2, -0.15) is 0 Å². The van der Waals surface area contributed by atoms with Crippen LogP contribution >= 0.6 is 0 Å². The molecule has 20 heteroatoms. The molecular weight excluding hydrogens is 800 g/mol. The normalized spacial score (nSPS) is 19.5. The first-order valence-corrected chi connectivity index (χ1v) is 18.7. The fraction of sp³-hybridized carbons (Fsp3) is 0.600. The maximum absolute atomic E-state index is 11.4. The molecule has 0 saturated carbocycles. The molecule has 60 heavy (non-hydrogen) atoms. The molecule has 2 rings (SSSR count).